The lowest BCUT2D eigenvalue weighted by atomic mass is 10.0. The molecule has 6 nitrogen and oxygen atoms in total. The first-order valence-corrected chi connectivity index (χ1v) is 7.89. The van der Waals surface area contributed by atoms with Crippen LogP contribution < -0.4 is 22.0 Å². The van der Waals surface area contributed by atoms with Gasteiger partial charge in [0, 0.05) is 11.7 Å². The number of nitrogens with two attached hydrogens (primary N) is 1. The largest absolute Gasteiger partial charge is 0.399 e. The SMILES string of the molecule is C/C(=N\NC(=O)C1CC(c2ccccc2)NN1)c1ccc(N)cc1. The van der Waals surface area contributed by atoms with Crippen LogP contribution in [0.25, 0.3) is 0 Å². The number of nitrogen functional groups attached to an aromatic ring is 1. The first-order valence-electron chi connectivity index (χ1n) is 7.89. The Morgan fingerprint density at radius 3 is 2.54 bits per heavy atom. The summed E-state index contributed by atoms with van der Waals surface area (Å²) in [7, 11) is 0. The molecule has 3 rings (SSSR count). The van der Waals surface area contributed by atoms with E-state index in [0.717, 1.165) is 16.8 Å². The monoisotopic (exact) mass is 323 g/mol. The van der Waals surface area contributed by atoms with Crippen LogP contribution >= 0.6 is 0 Å². The molecule has 1 fully saturated rings. The van der Waals surface area contributed by atoms with E-state index in [1.54, 1.807) is 0 Å². The highest BCUT2D eigenvalue weighted by Gasteiger charge is 2.29. The van der Waals surface area contributed by atoms with Gasteiger partial charge in [0.25, 0.3) is 5.91 Å². The number of anilines is 1. The molecule has 0 spiro atoms. The minimum Gasteiger partial charge on any atom is -0.399 e. The van der Waals surface area contributed by atoms with E-state index >= 15 is 0 Å². The van der Waals surface area contributed by atoms with Gasteiger partial charge in [0.05, 0.1) is 5.71 Å². The molecule has 1 amide bonds. The van der Waals surface area contributed by atoms with Crippen LogP contribution in [0.4, 0.5) is 5.69 Å². The Morgan fingerprint density at radius 2 is 1.83 bits per heavy atom. The van der Waals surface area contributed by atoms with E-state index < -0.39 is 0 Å². The second-order valence-electron chi connectivity index (χ2n) is 5.84. The summed E-state index contributed by atoms with van der Waals surface area (Å²) in [6, 6.07) is 17.2. The Morgan fingerprint density at radius 1 is 1.12 bits per heavy atom. The molecule has 0 radical (unpaired) electrons. The van der Waals surface area contributed by atoms with Gasteiger partial charge in [-0.25, -0.2) is 16.3 Å². The molecule has 1 aliphatic rings. The summed E-state index contributed by atoms with van der Waals surface area (Å²) in [5.41, 5.74) is 18.0. The quantitative estimate of drug-likeness (QED) is 0.392. The second-order valence-corrected chi connectivity index (χ2v) is 5.84. The zero-order valence-electron chi connectivity index (χ0n) is 13.5. The number of benzene rings is 2. The number of hydrogen-bond acceptors (Lipinski definition) is 5. The lowest BCUT2D eigenvalue weighted by Crippen LogP contribution is -2.41. The van der Waals surface area contributed by atoms with Crippen LogP contribution in [0.2, 0.25) is 0 Å². The number of hydrogen-bond donors (Lipinski definition) is 4. The molecule has 1 heterocycles. The van der Waals surface area contributed by atoms with Crippen molar-refractivity contribution in [3.63, 3.8) is 0 Å². The van der Waals surface area contributed by atoms with Crippen molar-refractivity contribution >= 4 is 17.3 Å². The van der Waals surface area contributed by atoms with Crippen LogP contribution in [0, 0.1) is 0 Å². The third-order valence-corrected chi connectivity index (χ3v) is 4.08. The molecule has 2 aromatic carbocycles. The molecule has 0 aromatic heterocycles. The minimum absolute atomic E-state index is 0.115. The maximum atomic E-state index is 12.3. The fraction of sp³-hybridized carbons (Fsp3) is 0.222. The van der Waals surface area contributed by atoms with Gasteiger partial charge in [-0.1, -0.05) is 42.5 Å². The number of hydrazine groups is 1. The van der Waals surface area contributed by atoms with Gasteiger partial charge in [-0.3, -0.25) is 4.79 Å². The summed E-state index contributed by atoms with van der Waals surface area (Å²) in [5.74, 6) is -0.157. The number of nitrogens with zero attached hydrogens (tertiary/aromatic N) is 1. The third-order valence-electron chi connectivity index (χ3n) is 4.08. The van der Waals surface area contributed by atoms with Gasteiger partial charge in [0.1, 0.15) is 6.04 Å². The van der Waals surface area contributed by atoms with Crippen molar-refractivity contribution in [3.05, 3.63) is 65.7 Å². The maximum absolute atomic E-state index is 12.3. The van der Waals surface area contributed by atoms with Crippen LogP contribution in [0.15, 0.2) is 59.7 Å². The molecule has 124 valence electrons. The molecule has 5 N–H and O–H groups in total. The van der Waals surface area contributed by atoms with Crippen LogP contribution in [-0.2, 0) is 4.79 Å². The summed E-state index contributed by atoms with van der Waals surface area (Å²) in [6.07, 6.45) is 0.673. The van der Waals surface area contributed by atoms with Gasteiger partial charge < -0.3 is 5.73 Å². The third kappa shape index (κ3) is 3.79. The summed E-state index contributed by atoms with van der Waals surface area (Å²) in [6.45, 7) is 1.85. The fourth-order valence-electron chi connectivity index (χ4n) is 2.64. The minimum atomic E-state index is -0.321. The second kappa shape index (κ2) is 7.25. The Bertz CT molecular complexity index is 727. The average molecular weight is 323 g/mol. The number of carbonyl (C=O) groups excluding carboxylic acids is 1. The number of nitrogens with one attached hydrogen (secondary N) is 3. The first kappa shape index (κ1) is 16.2. The van der Waals surface area contributed by atoms with E-state index in [2.05, 4.69) is 21.4 Å². The normalized spacial score (nSPS) is 20.8. The Balaban J connectivity index is 1.57. The molecule has 0 bridgehead atoms. The van der Waals surface area contributed by atoms with Crippen molar-refractivity contribution in [3.8, 4) is 0 Å². The number of rotatable bonds is 4. The van der Waals surface area contributed by atoms with Gasteiger partial charge in [-0.15, -0.1) is 0 Å². The van der Waals surface area contributed by atoms with Gasteiger partial charge in [-0.2, -0.15) is 5.10 Å². The van der Waals surface area contributed by atoms with Crippen molar-refractivity contribution in [1.82, 2.24) is 16.3 Å². The van der Waals surface area contributed by atoms with Crippen LogP contribution in [0.1, 0.15) is 30.5 Å². The fourth-order valence-corrected chi connectivity index (χ4v) is 2.64. The summed E-state index contributed by atoms with van der Waals surface area (Å²) < 4.78 is 0. The molecule has 2 unspecified atom stereocenters. The highest BCUT2D eigenvalue weighted by atomic mass is 16.2. The number of carbonyl (C=O) groups is 1. The summed E-state index contributed by atoms with van der Waals surface area (Å²) >= 11 is 0. The zero-order chi connectivity index (χ0) is 16.9. The van der Waals surface area contributed by atoms with E-state index in [0.29, 0.717) is 12.1 Å². The Kier molecular flexibility index (Phi) is 4.88. The van der Waals surface area contributed by atoms with Crippen molar-refractivity contribution in [1.29, 1.82) is 0 Å². The van der Waals surface area contributed by atoms with E-state index in [9.17, 15) is 4.79 Å². The van der Waals surface area contributed by atoms with Crippen molar-refractivity contribution in [2.24, 2.45) is 5.10 Å². The average Bonchev–Trinajstić information content (AvgIpc) is 3.11. The molecule has 0 saturated carbocycles. The molecular weight excluding hydrogens is 302 g/mol. The molecule has 24 heavy (non-hydrogen) atoms. The topological polar surface area (TPSA) is 91.5 Å². The zero-order valence-corrected chi connectivity index (χ0v) is 13.5. The predicted octanol–water partition coefficient (Wildman–Crippen LogP) is 1.72. The summed E-state index contributed by atoms with van der Waals surface area (Å²) in [5, 5.41) is 4.17. The molecule has 1 aliphatic heterocycles. The molecule has 2 atom stereocenters. The smallest absolute Gasteiger partial charge is 0.258 e. The van der Waals surface area contributed by atoms with Gasteiger partial charge >= 0.3 is 0 Å². The van der Waals surface area contributed by atoms with Crippen LogP contribution in [-0.4, -0.2) is 17.7 Å². The first-order chi connectivity index (χ1) is 11.6. The maximum Gasteiger partial charge on any atom is 0.258 e. The molecule has 6 heteroatoms. The van der Waals surface area contributed by atoms with Gasteiger partial charge in [0.15, 0.2) is 0 Å². The molecular formula is C18H21N5O. The van der Waals surface area contributed by atoms with E-state index in [-0.39, 0.29) is 18.0 Å². The van der Waals surface area contributed by atoms with Crippen LogP contribution in [0.3, 0.4) is 0 Å². The summed E-state index contributed by atoms with van der Waals surface area (Å²) in [4.78, 5) is 12.3. The van der Waals surface area contributed by atoms with E-state index in [1.807, 2.05) is 61.5 Å². The lowest BCUT2D eigenvalue weighted by molar-refractivity contribution is -0.122. The molecule has 0 aliphatic carbocycles. The Hall–Kier alpha value is -2.70. The Labute approximate surface area is 141 Å². The number of amides is 1. The predicted molar refractivity (Wildman–Crippen MR) is 95.1 cm³/mol. The van der Waals surface area contributed by atoms with E-state index in [1.165, 1.54) is 0 Å². The van der Waals surface area contributed by atoms with Crippen molar-refractivity contribution in [2.45, 2.75) is 25.4 Å². The molecule has 2 aromatic rings. The van der Waals surface area contributed by atoms with Crippen molar-refractivity contribution in [2.75, 3.05) is 5.73 Å². The standard InChI is InChI=1S/C18H21N5O/c1-12(13-7-9-15(19)10-8-13)20-23-18(24)17-11-16(21-22-17)14-5-3-2-4-6-14/h2-10,16-17,21-22H,11,19H2,1H3,(H,23,24)/b20-12+. The lowest BCUT2D eigenvalue weighted by Gasteiger charge is -2.09. The number of hydrazone groups is 1. The molecule has 1 saturated heterocycles. The van der Waals surface area contributed by atoms with Gasteiger partial charge in [-0.05, 0) is 36.6 Å². The highest BCUT2D eigenvalue weighted by Crippen LogP contribution is 2.21. The van der Waals surface area contributed by atoms with Gasteiger partial charge in [0.2, 0.25) is 0 Å². The highest BCUT2D eigenvalue weighted by molar-refractivity contribution is 5.99. The van der Waals surface area contributed by atoms with Crippen LogP contribution in [0.5, 0.6) is 0 Å². The van der Waals surface area contributed by atoms with Crippen molar-refractivity contribution < 1.29 is 4.79 Å². The van der Waals surface area contributed by atoms with E-state index in [4.69, 9.17) is 5.73 Å².